The average Bonchev–Trinajstić information content (AvgIpc) is 2.17. The fraction of sp³-hybridized carbons (Fsp3) is 0.417. The third-order valence-electron chi connectivity index (χ3n) is 2.19. The molecule has 0 aliphatic heterocycles. The first-order chi connectivity index (χ1) is 7.15. The van der Waals surface area contributed by atoms with Gasteiger partial charge in [-0.05, 0) is 48.1 Å². The molecule has 0 fully saturated rings. The van der Waals surface area contributed by atoms with Crippen LogP contribution >= 0.6 is 22.6 Å². The second-order valence-electron chi connectivity index (χ2n) is 3.59. The highest BCUT2D eigenvalue weighted by Gasteiger charge is 2.08. The number of aryl methyl sites for hydroxylation is 1. The maximum atomic E-state index is 11.7. The first kappa shape index (κ1) is 12.5. The Labute approximate surface area is 105 Å². The van der Waals surface area contributed by atoms with E-state index in [-0.39, 0.29) is 5.91 Å². The SMILES string of the molecule is CCCCNC(=O)c1ccc(C)cc1I. The van der Waals surface area contributed by atoms with Crippen molar-refractivity contribution in [3.05, 3.63) is 32.9 Å². The van der Waals surface area contributed by atoms with Gasteiger partial charge in [0.05, 0.1) is 5.56 Å². The predicted molar refractivity (Wildman–Crippen MR) is 71.1 cm³/mol. The molecule has 1 amide bonds. The first-order valence-electron chi connectivity index (χ1n) is 5.19. The maximum absolute atomic E-state index is 11.7. The lowest BCUT2D eigenvalue weighted by Gasteiger charge is -2.06. The Bertz CT molecular complexity index is 349. The van der Waals surface area contributed by atoms with Gasteiger partial charge in [0.15, 0.2) is 0 Å². The van der Waals surface area contributed by atoms with Gasteiger partial charge in [-0.1, -0.05) is 25.0 Å². The van der Waals surface area contributed by atoms with Crippen molar-refractivity contribution in [3.63, 3.8) is 0 Å². The van der Waals surface area contributed by atoms with Crippen LogP contribution in [0, 0.1) is 10.5 Å². The van der Waals surface area contributed by atoms with Gasteiger partial charge in [-0.15, -0.1) is 0 Å². The van der Waals surface area contributed by atoms with Crippen molar-refractivity contribution >= 4 is 28.5 Å². The molecule has 0 aliphatic carbocycles. The second-order valence-corrected chi connectivity index (χ2v) is 4.75. The van der Waals surface area contributed by atoms with Crippen molar-refractivity contribution in [2.75, 3.05) is 6.54 Å². The quantitative estimate of drug-likeness (QED) is 0.671. The monoisotopic (exact) mass is 317 g/mol. The normalized spacial score (nSPS) is 10.1. The molecule has 2 nitrogen and oxygen atoms in total. The number of nitrogens with one attached hydrogen (secondary N) is 1. The summed E-state index contributed by atoms with van der Waals surface area (Å²) in [6.45, 7) is 4.90. The summed E-state index contributed by atoms with van der Waals surface area (Å²) < 4.78 is 1.02. The molecule has 1 aromatic rings. The minimum atomic E-state index is 0.0350. The number of halogens is 1. The first-order valence-corrected chi connectivity index (χ1v) is 6.27. The van der Waals surface area contributed by atoms with E-state index >= 15 is 0 Å². The predicted octanol–water partition coefficient (Wildman–Crippen LogP) is 3.13. The number of unbranched alkanes of at least 4 members (excludes halogenated alkanes) is 1. The third kappa shape index (κ3) is 3.81. The lowest BCUT2D eigenvalue weighted by atomic mass is 10.1. The smallest absolute Gasteiger partial charge is 0.252 e. The van der Waals surface area contributed by atoms with Gasteiger partial charge >= 0.3 is 0 Å². The van der Waals surface area contributed by atoms with E-state index in [9.17, 15) is 4.79 Å². The summed E-state index contributed by atoms with van der Waals surface area (Å²) in [6.07, 6.45) is 2.14. The molecule has 0 atom stereocenters. The Morgan fingerprint density at radius 2 is 2.20 bits per heavy atom. The zero-order chi connectivity index (χ0) is 11.3. The molecule has 15 heavy (non-hydrogen) atoms. The maximum Gasteiger partial charge on any atom is 0.252 e. The molecule has 0 saturated carbocycles. The van der Waals surface area contributed by atoms with Gasteiger partial charge in [0, 0.05) is 10.1 Å². The van der Waals surface area contributed by atoms with E-state index in [0.717, 1.165) is 28.5 Å². The largest absolute Gasteiger partial charge is 0.352 e. The van der Waals surface area contributed by atoms with Crippen LogP contribution in [0.5, 0.6) is 0 Å². The molecular weight excluding hydrogens is 301 g/mol. The number of hydrogen-bond acceptors (Lipinski definition) is 1. The fourth-order valence-corrected chi connectivity index (χ4v) is 2.19. The Hall–Kier alpha value is -0.580. The van der Waals surface area contributed by atoms with E-state index in [1.807, 2.05) is 25.1 Å². The molecule has 0 aromatic heterocycles. The van der Waals surface area contributed by atoms with E-state index in [4.69, 9.17) is 0 Å². The van der Waals surface area contributed by atoms with Crippen molar-refractivity contribution in [2.24, 2.45) is 0 Å². The highest BCUT2D eigenvalue weighted by molar-refractivity contribution is 14.1. The van der Waals surface area contributed by atoms with Gasteiger partial charge in [-0.3, -0.25) is 4.79 Å². The Morgan fingerprint density at radius 3 is 2.80 bits per heavy atom. The summed E-state index contributed by atoms with van der Waals surface area (Å²) in [7, 11) is 0. The molecule has 3 heteroatoms. The number of rotatable bonds is 4. The Morgan fingerprint density at radius 1 is 1.47 bits per heavy atom. The van der Waals surface area contributed by atoms with Crippen molar-refractivity contribution in [1.29, 1.82) is 0 Å². The molecule has 0 heterocycles. The summed E-state index contributed by atoms with van der Waals surface area (Å²) in [4.78, 5) is 11.7. The summed E-state index contributed by atoms with van der Waals surface area (Å²) in [6, 6.07) is 5.88. The Balaban J connectivity index is 2.65. The van der Waals surface area contributed by atoms with E-state index < -0.39 is 0 Å². The molecule has 1 N–H and O–H groups in total. The van der Waals surface area contributed by atoms with Crippen molar-refractivity contribution < 1.29 is 4.79 Å². The van der Waals surface area contributed by atoms with Crippen molar-refractivity contribution in [2.45, 2.75) is 26.7 Å². The van der Waals surface area contributed by atoms with Crippen LogP contribution in [0.15, 0.2) is 18.2 Å². The Kier molecular flexibility index (Phi) is 5.08. The molecule has 1 rings (SSSR count). The fourth-order valence-electron chi connectivity index (χ4n) is 1.28. The van der Waals surface area contributed by atoms with Gasteiger partial charge in [-0.25, -0.2) is 0 Å². The van der Waals surface area contributed by atoms with Gasteiger partial charge in [0.25, 0.3) is 5.91 Å². The van der Waals surface area contributed by atoms with Gasteiger partial charge < -0.3 is 5.32 Å². The molecule has 0 unspecified atom stereocenters. The topological polar surface area (TPSA) is 29.1 Å². The highest BCUT2D eigenvalue weighted by Crippen LogP contribution is 2.13. The van der Waals surface area contributed by atoms with E-state index in [2.05, 4.69) is 34.8 Å². The van der Waals surface area contributed by atoms with Crippen LogP contribution in [0.1, 0.15) is 35.7 Å². The average molecular weight is 317 g/mol. The van der Waals surface area contributed by atoms with Crippen molar-refractivity contribution in [1.82, 2.24) is 5.32 Å². The lowest BCUT2D eigenvalue weighted by Crippen LogP contribution is -2.25. The van der Waals surface area contributed by atoms with E-state index in [1.165, 1.54) is 5.56 Å². The zero-order valence-electron chi connectivity index (χ0n) is 9.14. The molecule has 1 aromatic carbocycles. The molecule has 0 bridgehead atoms. The van der Waals surface area contributed by atoms with Gasteiger partial charge in [0.2, 0.25) is 0 Å². The van der Waals surface area contributed by atoms with Crippen LogP contribution in [-0.4, -0.2) is 12.5 Å². The summed E-state index contributed by atoms with van der Waals surface area (Å²) in [5, 5.41) is 2.92. The number of hydrogen-bond donors (Lipinski definition) is 1. The zero-order valence-corrected chi connectivity index (χ0v) is 11.3. The standard InChI is InChI=1S/C12H16INO/c1-3-4-7-14-12(15)10-6-5-9(2)8-11(10)13/h5-6,8H,3-4,7H2,1-2H3,(H,14,15). The molecule has 0 spiro atoms. The van der Waals surface area contributed by atoms with Gasteiger partial charge in [0.1, 0.15) is 0 Å². The molecule has 0 saturated heterocycles. The molecule has 82 valence electrons. The second kappa shape index (κ2) is 6.10. The number of carbonyl (C=O) groups excluding carboxylic acids is 1. The molecule has 0 radical (unpaired) electrons. The van der Waals surface area contributed by atoms with Crippen LogP contribution in [-0.2, 0) is 0 Å². The van der Waals surface area contributed by atoms with Gasteiger partial charge in [-0.2, -0.15) is 0 Å². The van der Waals surface area contributed by atoms with Crippen LogP contribution in [0.4, 0.5) is 0 Å². The van der Waals surface area contributed by atoms with E-state index in [0.29, 0.717) is 0 Å². The third-order valence-corrected chi connectivity index (χ3v) is 3.08. The molecule has 0 aliphatic rings. The van der Waals surface area contributed by atoms with Crippen LogP contribution in [0.3, 0.4) is 0 Å². The lowest BCUT2D eigenvalue weighted by molar-refractivity contribution is 0.0952. The number of benzene rings is 1. The number of amides is 1. The number of carbonyl (C=O) groups is 1. The van der Waals surface area contributed by atoms with Crippen molar-refractivity contribution in [3.8, 4) is 0 Å². The minimum absolute atomic E-state index is 0.0350. The van der Waals surface area contributed by atoms with Crippen LogP contribution < -0.4 is 5.32 Å². The van der Waals surface area contributed by atoms with Crippen LogP contribution in [0.2, 0.25) is 0 Å². The summed E-state index contributed by atoms with van der Waals surface area (Å²) in [5.74, 6) is 0.0350. The minimum Gasteiger partial charge on any atom is -0.352 e. The summed E-state index contributed by atoms with van der Waals surface area (Å²) in [5.41, 5.74) is 1.96. The van der Waals surface area contributed by atoms with E-state index in [1.54, 1.807) is 0 Å². The molecular formula is C12H16INO. The highest BCUT2D eigenvalue weighted by atomic mass is 127. The van der Waals surface area contributed by atoms with Crippen LogP contribution in [0.25, 0.3) is 0 Å². The summed E-state index contributed by atoms with van der Waals surface area (Å²) >= 11 is 2.20.